The molecule has 1 atom stereocenters. The van der Waals surface area contributed by atoms with E-state index in [-0.39, 0.29) is 16.9 Å². The summed E-state index contributed by atoms with van der Waals surface area (Å²) >= 11 is 0. The highest BCUT2D eigenvalue weighted by molar-refractivity contribution is 7.89. The lowest BCUT2D eigenvalue weighted by Crippen LogP contribution is -2.40. The van der Waals surface area contributed by atoms with Crippen LogP contribution in [0.2, 0.25) is 0 Å². The number of hydrogen-bond donors (Lipinski definition) is 0. The Bertz CT molecular complexity index is 1000. The first kappa shape index (κ1) is 21.0. The molecule has 30 heavy (non-hydrogen) atoms. The van der Waals surface area contributed by atoms with E-state index in [2.05, 4.69) is 12.1 Å². The van der Waals surface area contributed by atoms with E-state index in [0.29, 0.717) is 45.0 Å². The number of fused-ring (bicyclic) bond motifs is 1. The largest absolute Gasteiger partial charge is 0.379 e. The number of sulfonamides is 1. The monoisotopic (exact) mass is 430 g/mol. The average molecular weight is 431 g/mol. The third-order valence-electron chi connectivity index (χ3n) is 5.57. The van der Waals surface area contributed by atoms with E-state index in [0.717, 1.165) is 6.42 Å². The van der Waals surface area contributed by atoms with Crippen LogP contribution in [-0.2, 0) is 32.5 Å². The molecular weight excluding hydrogens is 404 g/mol. The van der Waals surface area contributed by atoms with Gasteiger partial charge in [0.1, 0.15) is 0 Å². The first-order valence-corrected chi connectivity index (χ1v) is 11.5. The zero-order valence-electron chi connectivity index (χ0n) is 17.0. The third-order valence-corrected chi connectivity index (χ3v) is 7.49. The number of ether oxygens (including phenoxy) is 2. The normalized spacial score (nSPS) is 19.8. The summed E-state index contributed by atoms with van der Waals surface area (Å²) in [4.78, 5) is 14.6. The van der Waals surface area contributed by atoms with Crippen molar-refractivity contribution in [2.45, 2.75) is 24.0 Å². The van der Waals surface area contributed by atoms with Gasteiger partial charge in [0.25, 0.3) is 5.91 Å². The summed E-state index contributed by atoms with van der Waals surface area (Å²) in [6, 6.07) is 14.3. The molecule has 1 fully saturated rings. The highest BCUT2D eigenvalue weighted by Crippen LogP contribution is 2.22. The minimum Gasteiger partial charge on any atom is -0.379 e. The van der Waals surface area contributed by atoms with Crippen molar-refractivity contribution in [3.63, 3.8) is 0 Å². The molecule has 0 spiro atoms. The molecule has 2 heterocycles. The van der Waals surface area contributed by atoms with Gasteiger partial charge in [0.15, 0.2) is 0 Å². The van der Waals surface area contributed by atoms with E-state index in [1.54, 1.807) is 24.1 Å². The summed E-state index contributed by atoms with van der Waals surface area (Å²) < 4.78 is 38.0. The summed E-state index contributed by atoms with van der Waals surface area (Å²) in [5.74, 6) is -0.159. The van der Waals surface area contributed by atoms with E-state index in [1.165, 1.54) is 27.6 Å². The Hall–Kier alpha value is -2.26. The van der Waals surface area contributed by atoms with Crippen LogP contribution >= 0.6 is 0 Å². The predicted octanol–water partition coefficient (Wildman–Crippen LogP) is 1.92. The van der Waals surface area contributed by atoms with Crippen LogP contribution < -0.4 is 0 Å². The maximum Gasteiger partial charge on any atom is 0.253 e. The molecule has 7 nitrogen and oxygen atoms in total. The molecule has 160 valence electrons. The smallest absolute Gasteiger partial charge is 0.253 e. The molecule has 8 heteroatoms. The SMILES string of the molecule is CN(CC1Cc2ccccc2CO1)C(=O)c1ccc(S(=O)(=O)N2CCOCC2)cc1. The lowest BCUT2D eigenvalue weighted by Gasteiger charge is -2.29. The number of benzene rings is 2. The van der Waals surface area contributed by atoms with Gasteiger partial charge in [-0.15, -0.1) is 0 Å². The second kappa shape index (κ2) is 8.85. The van der Waals surface area contributed by atoms with Crippen molar-refractivity contribution in [2.24, 2.45) is 0 Å². The second-order valence-corrected chi connectivity index (χ2v) is 9.57. The number of amides is 1. The van der Waals surface area contributed by atoms with Crippen LogP contribution in [0.4, 0.5) is 0 Å². The van der Waals surface area contributed by atoms with Crippen LogP contribution in [0.3, 0.4) is 0 Å². The van der Waals surface area contributed by atoms with Gasteiger partial charge in [0.05, 0.1) is 30.8 Å². The van der Waals surface area contributed by atoms with Gasteiger partial charge < -0.3 is 14.4 Å². The topological polar surface area (TPSA) is 76.2 Å². The Morgan fingerprint density at radius 2 is 1.73 bits per heavy atom. The Kier molecular flexibility index (Phi) is 6.19. The van der Waals surface area contributed by atoms with Crippen LogP contribution in [-0.4, -0.2) is 69.5 Å². The fourth-order valence-electron chi connectivity index (χ4n) is 3.84. The standard InChI is InChI=1S/C22H26N2O5S/c1-23(15-20-14-18-4-2-3-5-19(18)16-29-20)22(25)17-6-8-21(9-7-17)30(26,27)24-10-12-28-13-11-24/h2-9,20H,10-16H2,1H3. The van der Waals surface area contributed by atoms with Crippen LogP contribution in [0.1, 0.15) is 21.5 Å². The highest BCUT2D eigenvalue weighted by Gasteiger charge is 2.27. The summed E-state index contributed by atoms with van der Waals surface area (Å²) in [6.45, 7) is 2.51. The van der Waals surface area contributed by atoms with E-state index >= 15 is 0 Å². The molecule has 1 saturated heterocycles. The number of hydrogen-bond acceptors (Lipinski definition) is 5. The lowest BCUT2D eigenvalue weighted by atomic mass is 9.99. The van der Waals surface area contributed by atoms with E-state index in [4.69, 9.17) is 9.47 Å². The van der Waals surface area contributed by atoms with E-state index in [9.17, 15) is 13.2 Å². The Labute approximate surface area is 177 Å². The van der Waals surface area contributed by atoms with Crippen molar-refractivity contribution in [2.75, 3.05) is 39.9 Å². The molecule has 2 aliphatic rings. The molecule has 2 aromatic carbocycles. The van der Waals surface area contributed by atoms with Crippen molar-refractivity contribution in [1.29, 1.82) is 0 Å². The van der Waals surface area contributed by atoms with E-state index < -0.39 is 10.0 Å². The number of nitrogens with zero attached hydrogens (tertiary/aromatic N) is 2. The first-order chi connectivity index (χ1) is 14.4. The maximum absolute atomic E-state index is 12.8. The molecule has 0 aromatic heterocycles. The Balaban J connectivity index is 1.40. The summed E-state index contributed by atoms with van der Waals surface area (Å²) in [5.41, 5.74) is 2.90. The summed E-state index contributed by atoms with van der Waals surface area (Å²) in [7, 11) is -1.83. The van der Waals surface area contributed by atoms with Gasteiger partial charge in [0.2, 0.25) is 10.0 Å². The molecule has 4 rings (SSSR count). The zero-order valence-corrected chi connectivity index (χ0v) is 17.8. The minimum atomic E-state index is -3.57. The van der Waals surface area contributed by atoms with Crippen molar-refractivity contribution >= 4 is 15.9 Å². The average Bonchev–Trinajstić information content (AvgIpc) is 2.79. The second-order valence-electron chi connectivity index (χ2n) is 7.63. The van der Waals surface area contributed by atoms with Gasteiger partial charge in [-0.05, 0) is 35.4 Å². The Morgan fingerprint density at radius 3 is 2.43 bits per heavy atom. The number of carbonyl (C=O) groups is 1. The first-order valence-electron chi connectivity index (χ1n) is 10.1. The van der Waals surface area contributed by atoms with Crippen molar-refractivity contribution in [3.05, 3.63) is 65.2 Å². The van der Waals surface area contributed by atoms with Crippen molar-refractivity contribution in [1.82, 2.24) is 9.21 Å². The van der Waals surface area contributed by atoms with Crippen molar-refractivity contribution in [3.8, 4) is 0 Å². The molecule has 2 aromatic rings. The number of rotatable bonds is 5. The quantitative estimate of drug-likeness (QED) is 0.725. The summed E-state index contributed by atoms with van der Waals surface area (Å²) in [5, 5.41) is 0. The predicted molar refractivity (Wildman–Crippen MR) is 112 cm³/mol. The van der Waals surface area contributed by atoms with Gasteiger partial charge >= 0.3 is 0 Å². The minimum absolute atomic E-state index is 0.0604. The molecule has 2 aliphatic heterocycles. The lowest BCUT2D eigenvalue weighted by molar-refractivity contribution is 0.00985. The van der Waals surface area contributed by atoms with Crippen LogP contribution in [0.15, 0.2) is 53.4 Å². The molecule has 0 aliphatic carbocycles. The molecule has 0 bridgehead atoms. The van der Waals surface area contributed by atoms with Crippen LogP contribution in [0.5, 0.6) is 0 Å². The number of carbonyl (C=O) groups excluding carboxylic acids is 1. The molecule has 1 amide bonds. The zero-order chi connectivity index (χ0) is 21.1. The maximum atomic E-state index is 12.8. The molecule has 0 N–H and O–H groups in total. The highest BCUT2D eigenvalue weighted by atomic mass is 32.2. The molecule has 0 radical (unpaired) electrons. The molecule has 0 saturated carbocycles. The fraction of sp³-hybridized carbons (Fsp3) is 0.409. The summed E-state index contributed by atoms with van der Waals surface area (Å²) in [6.07, 6.45) is 0.708. The fourth-order valence-corrected chi connectivity index (χ4v) is 5.25. The molecular formula is C22H26N2O5S. The van der Waals surface area contributed by atoms with E-state index in [1.807, 2.05) is 12.1 Å². The van der Waals surface area contributed by atoms with Gasteiger partial charge in [-0.3, -0.25) is 4.79 Å². The molecule has 1 unspecified atom stereocenters. The number of likely N-dealkylation sites (N-methyl/N-ethyl adjacent to an activating group) is 1. The van der Waals surface area contributed by atoms with Gasteiger partial charge in [-0.1, -0.05) is 24.3 Å². The third kappa shape index (κ3) is 4.41. The van der Waals surface area contributed by atoms with Crippen LogP contribution in [0, 0.1) is 0 Å². The van der Waals surface area contributed by atoms with Crippen LogP contribution in [0.25, 0.3) is 0 Å². The van der Waals surface area contributed by atoms with Gasteiger partial charge in [-0.2, -0.15) is 4.31 Å². The number of morpholine rings is 1. The van der Waals surface area contributed by atoms with Gasteiger partial charge in [-0.25, -0.2) is 8.42 Å². The Morgan fingerprint density at radius 1 is 1.07 bits per heavy atom. The van der Waals surface area contributed by atoms with Gasteiger partial charge in [0, 0.05) is 38.7 Å². The van der Waals surface area contributed by atoms with Crippen molar-refractivity contribution < 1.29 is 22.7 Å².